The zero-order valence-corrected chi connectivity index (χ0v) is 18.6. The van der Waals surface area contributed by atoms with Gasteiger partial charge in [0.05, 0.1) is 18.1 Å². The van der Waals surface area contributed by atoms with Crippen molar-refractivity contribution < 1.29 is 27.4 Å². The van der Waals surface area contributed by atoms with Gasteiger partial charge in [-0.1, -0.05) is 19.9 Å². The summed E-state index contributed by atoms with van der Waals surface area (Å²) in [5.74, 6) is 2.23. The maximum atomic E-state index is 13.1. The first kappa shape index (κ1) is 22.2. The van der Waals surface area contributed by atoms with Crippen LogP contribution < -0.4 is 23.7 Å². The van der Waals surface area contributed by atoms with Crippen LogP contribution >= 0.6 is 0 Å². The van der Waals surface area contributed by atoms with Crippen LogP contribution in [0.4, 0.5) is 0 Å². The van der Waals surface area contributed by atoms with Crippen molar-refractivity contribution in [3.63, 3.8) is 0 Å². The number of nitrogens with one attached hydrogen (secondary N) is 1. The van der Waals surface area contributed by atoms with Crippen molar-refractivity contribution in [1.82, 2.24) is 4.72 Å². The first-order valence-corrected chi connectivity index (χ1v) is 11.7. The molecular formula is C22H29NO6S. The Bertz CT molecular complexity index is 974. The Morgan fingerprint density at radius 3 is 2.27 bits per heavy atom. The third kappa shape index (κ3) is 4.99. The fraction of sp³-hybridized carbons (Fsp3) is 0.455. The van der Waals surface area contributed by atoms with Gasteiger partial charge >= 0.3 is 0 Å². The van der Waals surface area contributed by atoms with Crippen molar-refractivity contribution in [3.05, 3.63) is 42.0 Å². The highest BCUT2D eigenvalue weighted by atomic mass is 32.2. The van der Waals surface area contributed by atoms with Gasteiger partial charge in [-0.15, -0.1) is 0 Å². The van der Waals surface area contributed by atoms with Gasteiger partial charge in [-0.05, 0) is 49.6 Å². The van der Waals surface area contributed by atoms with Crippen LogP contribution in [0.2, 0.25) is 0 Å². The van der Waals surface area contributed by atoms with Gasteiger partial charge in [0.1, 0.15) is 13.2 Å². The molecule has 0 fully saturated rings. The molecule has 2 aromatic rings. The lowest BCUT2D eigenvalue weighted by Gasteiger charge is -2.24. The van der Waals surface area contributed by atoms with E-state index in [0.29, 0.717) is 49.4 Å². The van der Waals surface area contributed by atoms with Crippen LogP contribution in [0.5, 0.6) is 23.0 Å². The number of fused-ring (bicyclic) bond motifs is 1. The Morgan fingerprint density at radius 2 is 1.60 bits per heavy atom. The Hall–Kier alpha value is -2.45. The second kappa shape index (κ2) is 9.57. The molecule has 0 amide bonds. The van der Waals surface area contributed by atoms with Gasteiger partial charge in [0.2, 0.25) is 10.0 Å². The first-order chi connectivity index (χ1) is 14.4. The molecule has 0 aromatic heterocycles. The van der Waals surface area contributed by atoms with Crippen LogP contribution in [0.25, 0.3) is 0 Å². The molecule has 1 aliphatic heterocycles. The molecule has 0 radical (unpaired) electrons. The molecule has 3 rings (SSSR count). The quantitative estimate of drug-likeness (QED) is 0.643. The molecule has 0 unspecified atom stereocenters. The van der Waals surface area contributed by atoms with E-state index in [-0.39, 0.29) is 10.8 Å². The Labute approximate surface area is 178 Å². The zero-order valence-electron chi connectivity index (χ0n) is 17.8. The summed E-state index contributed by atoms with van der Waals surface area (Å²) in [6.45, 7) is 9.58. The highest BCUT2D eigenvalue weighted by molar-refractivity contribution is 7.89. The summed E-state index contributed by atoms with van der Waals surface area (Å²) in [7, 11) is -3.79. The second-order valence-electron chi connectivity index (χ2n) is 7.22. The van der Waals surface area contributed by atoms with Crippen LogP contribution in [-0.4, -0.2) is 34.8 Å². The van der Waals surface area contributed by atoms with Gasteiger partial charge in [0.15, 0.2) is 23.0 Å². The molecule has 0 saturated carbocycles. The minimum atomic E-state index is -3.79. The highest BCUT2D eigenvalue weighted by Crippen LogP contribution is 2.35. The normalized spacial score (nSPS) is 14.4. The number of hydrogen-bond donors (Lipinski definition) is 1. The second-order valence-corrected chi connectivity index (χ2v) is 8.93. The van der Waals surface area contributed by atoms with Gasteiger partial charge in [-0.3, -0.25) is 0 Å². The third-order valence-corrected chi connectivity index (χ3v) is 6.14. The number of benzene rings is 2. The third-order valence-electron chi connectivity index (χ3n) is 4.70. The van der Waals surface area contributed by atoms with Gasteiger partial charge in [-0.25, -0.2) is 13.1 Å². The molecule has 0 aliphatic carbocycles. The zero-order chi connectivity index (χ0) is 21.7. The standard InChI is InChI=1S/C22H29NO6S/c1-5-26-18-9-7-16(13-20(18)27-6-2)22(15(3)4)23-30(24,25)17-8-10-19-21(14-17)29-12-11-28-19/h7-10,13-15,22-23H,5-6,11-12H2,1-4H3/t22-/m0/s1. The van der Waals surface area contributed by atoms with Crippen molar-refractivity contribution in [2.45, 2.75) is 38.6 Å². The molecule has 30 heavy (non-hydrogen) atoms. The van der Waals surface area contributed by atoms with Crippen molar-refractivity contribution in [1.29, 1.82) is 0 Å². The van der Waals surface area contributed by atoms with Gasteiger partial charge in [-0.2, -0.15) is 0 Å². The summed E-state index contributed by atoms with van der Waals surface area (Å²) >= 11 is 0. The molecule has 0 bridgehead atoms. The molecule has 0 spiro atoms. The molecule has 164 valence electrons. The maximum Gasteiger partial charge on any atom is 0.241 e. The lowest BCUT2D eigenvalue weighted by atomic mass is 9.97. The van der Waals surface area contributed by atoms with Gasteiger partial charge in [0, 0.05) is 12.1 Å². The topological polar surface area (TPSA) is 83.1 Å². The Morgan fingerprint density at radius 1 is 0.933 bits per heavy atom. The van der Waals surface area contributed by atoms with Crippen LogP contribution in [-0.2, 0) is 10.0 Å². The molecule has 8 heteroatoms. The molecule has 1 N–H and O–H groups in total. The summed E-state index contributed by atoms with van der Waals surface area (Å²) in [4.78, 5) is 0.133. The van der Waals surface area contributed by atoms with Crippen molar-refractivity contribution in [2.24, 2.45) is 5.92 Å². The SMILES string of the molecule is CCOc1ccc([C@@H](NS(=O)(=O)c2ccc3c(c2)OCCO3)C(C)C)cc1OCC. The van der Waals surface area contributed by atoms with E-state index in [9.17, 15) is 8.42 Å². The van der Waals surface area contributed by atoms with E-state index < -0.39 is 16.1 Å². The summed E-state index contributed by atoms with van der Waals surface area (Å²) in [5, 5.41) is 0. The number of ether oxygens (including phenoxy) is 4. The molecule has 1 atom stereocenters. The van der Waals surface area contributed by atoms with Crippen LogP contribution in [0, 0.1) is 5.92 Å². The highest BCUT2D eigenvalue weighted by Gasteiger charge is 2.26. The van der Waals surface area contributed by atoms with E-state index in [4.69, 9.17) is 18.9 Å². The number of sulfonamides is 1. The van der Waals surface area contributed by atoms with E-state index in [1.54, 1.807) is 6.07 Å². The average molecular weight is 436 g/mol. The molecule has 2 aromatic carbocycles. The van der Waals surface area contributed by atoms with Crippen molar-refractivity contribution in [2.75, 3.05) is 26.4 Å². The lowest BCUT2D eigenvalue weighted by molar-refractivity contribution is 0.171. The summed E-state index contributed by atoms with van der Waals surface area (Å²) in [6.07, 6.45) is 0. The van der Waals surface area contributed by atoms with Crippen LogP contribution in [0.1, 0.15) is 39.3 Å². The number of hydrogen-bond acceptors (Lipinski definition) is 6. The largest absolute Gasteiger partial charge is 0.490 e. The number of rotatable bonds is 9. The first-order valence-electron chi connectivity index (χ1n) is 10.2. The molecular weight excluding hydrogens is 406 g/mol. The van der Waals surface area contributed by atoms with Gasteiger partial charge < -0.3 is 18.9 Å². The molecule has 0 saturated heterocycles. The van der Waals surface area contributed by atoms with Crippen LogP contribution in [0.3, 0.4) is 0 Å². The van der Waals surface area contributed by atoms with E-state index in [1.165, 1.54) is 12.1 Å². The predicted octanol–water partition coefficient (Wildman–Crippen LogP) is 3.93. The van der Waals surface area contributed by atoms with Crippen LogP contribution in [0.15, 0.2) is 41.3 Å². The lowest BCUT2D eigenvalue weighted by Crippen LogP contribution is -2.32. The van der Waals surface area contributed by atoms with E-state index in [1.807, 2.05) is 45.9 Å². The summed E-state index contributed by atoms with van der Waals surface area (Å²) in [5.41, 5.74) is 0.804. The molecule has 1 aliphatic rings. The van der Waals surface area contributed by atoms with Gasteiger partial charge in [0.25, 0.3) is 0 Å². The Balaban J connectivity index is 1.90. The fourth-order valence-electron chi connectivity index (χ4n) is 3.28. The summed E-state index contributed by atoms with van der Waals surface area (Å²) in [6, 6.07) is 9.72. The molecule has 1 heterocycles. The average Bonchev–Trinajstić information content (AvgIpc) is 2.73. The predicted molar refractivity (Wildman–Crippen MR) is 114 cm³/mol. The van der Waals surface area contributed by atoms with E-state index in [2.05, 4.69) is 4.72 Å². The summed E-state index contributed by atoms with van der Waals surface area (Å²) < 4.78 is 51.4. The van der Waals surface area contributed by atoms with Crippen molar-refractivity contribution >= 4 is 10.0 Å². The van der Waals surface area contributed by atoms with E-state index in [0.717, 1.165) is 5.56 Å². The minimum Gasteiger partial charge on any atom is -0.490 e. The van der Waals surface area contributed by atoms with Crippen molar-refractivity contribution in [3.8, 4) is 23.0 Å². The minimum absolute atomic E-state index is 0.00408. The molecule has 7 nitrogen and oxygen atoms in total. The smallest absolute Gasteiger partial charge is 0.241 e. The fourth-order valence-corrected chi connectivity index (χ4v) is 4.66. The monoisotopic (exact) mass is 435 g/mol. The maximum absolute atomic E-state index is 13.1. The van der Waals surface area contributed by atoms with E-state index >= 15 is 0 Å². The Kier molecular flexibility index (Phi) is 7.10.